The number of benzene rings is 1. The van der Waals surface area contributed by atoms with Crippen molar-refractivity contribution in [2.45, 2.75) is 63.7 Å². The van der Waals surface area contributed by atoms with E-state index >= 15 is 0 Å². The molecule has 0 unspecified atom stereocenters. The predicted octanol–water partition coefficient (Wildman–Crippen LogP) is 5.28. The van der Waals surface area contributed by atoms with E-state index in [0.717, 1.165) is 12.3 Å². The van der Waals surface area contributed by atoms with Crippen molar-refractivity contribution in [3.05, 3.63) is 42.3 Å². The van der Waals surface area contributed by atoms with E-state index in [0.29, 0.717) is 0 Å². The molecule has 17 heavy (non-hydrogen) atoms. The Bertz CT molecular complexity index is 321. The summed E-state index contributed by atoms with van der Waals surface area (Å²) in [4.78, 5) is 0. The minimum absolute atomic E-state index is 0.856. The third kappa shape index (κ3) is 3.87. The maximum Gasteiger partial charge on any atom is -0.0162 e. The number of hydrogen-bond donors (Lipinski definition) is 0. The highest BCUT2D eigenvalue weighted by molar-refractivity contribution is 5.27. The average Bonchev–Trinajstić information content (AvgIpc) is 2.89. The number of aryl methyl sites for hydroxylation is 1. The van der Waals surface area contributed by atoms with Crippen LogP contribution >= 0.6 is 0 Å². The molecule has 93 valence electrons. The van der Waals surface area contributed by atoms with E-state index in [2.05, 4.69) is 31.2 Å². The van der Waals surface area contributed by atoms with E-state index in [1.54, 1.807) is 11.1 Å². The molecule has 0 bridgehead atoms. The first-order chi connectivity index (χ1) is 8.40. The Hall–Kier alpha value is -0.780. The molecule has 1 aliphatic rings. The lowest BCUT2D eigenvalue weighted by molar-refractivity contribution is 0.682. The standard InChI is InChI=1S/C17H25/c1-2-3-4-5-9-15-10-8-13-17(14-15)16-11-6-7-12-16/h8,10,13-14,16H,1-7,9,11-12H2. The van der Waals surface area contributed by atoms with E-state index < -0.39 is 0 Å². The van der Waals surface area contributed by atoms with Crippen LogP contribution in [0.1, 0.15) is 68.4 Å². The number of unbranched alkanes of at least 4 members (excludes halogenated alkanes) is 3. The predicted molar refractivity (Wildman–Crippen MR) is 75.2 cm³/mol. The van der Waals surface area contributed by atoms with Crippen molar-refractivity contribution < 1.29 is 0 Å². The highest BCUT2D eigenvalue weighted by atomic mass is 14.2. The molecule has 1 aromatic carbocycles. The van der Waals surface area contributed by atoms with Crippen LogP contribution in [-0.4, -0.2) is 0 Å². The van der Waals surface area contributed by atoms with Crippen molar-refractivity contribution in [3.63, 3.8) is 0 Å². The zero-order valence-electron chi connectivity index (χ0n) is 11.0. The Morgan fingerprint density at radius 2 is 1.88 bits per heavy atom. The summed E-state index contributed by atoms with van der Waals surface area (Å²) in [5.41, 5.74) is 3.13. The molecule has 0 heterocycles. The molecule has 0 aliphatic heterocycles. The van der Waals surface area contributed by atoms with Crippen LogP contribution < -0.4 is 0 Å². The Labute approximate surface area is 106 Å². The van der Waals surface area contributed by atoms with Gasteiger partial charge in [0.15, 0.2) is 0 Å². The summed E-state index contributed by atoms with van der Waals surface area (Å²) in [6.07, 6.45) is 11.9. The normalized spacial score (nSPS) is 16.5. The second kappa shape index (κ2) is 6.83. The summed E-state index contributed by atoms with van der Waals surface area (Å²) >= 11 is 0. The van der Waals surface area contributed by atoms with Crippen molar-refractivity contribution >= 4 is 0 Å². The third-order valence-corrected chi connectivity index (χ3v) is 3.99. The Morgan fingerprint density at radius 1 is 1.06 bits per heavy atom. The van der Waals surface area contributed by atoms with Crippen LogP contribution in [0.5, 0.6) is 0 Å². The molecule has 0 saturated heterocycles. The van der Waals surface area contributed by atoms with Gasteiger partial charge in [0.05, 0.1) is 0 Å². The molecule has 0 spiro atoms. The number of rotatable bonds is 6. The molecule has 0 nitrogen and oxygen atoms in total. The van der Waals surface area contributed by atoms with Gasteiger partial charge in [-0.3, -0.25) is 0 Å². The highest BCUT2D eigenvalue weighted by Crippen LogP contribution is 2.34. The summed E-state index contributed by atoms with van der Waals surface area (Å²) in [5.74, 6) is 0.856. The quantitative estimate of drug-likeness (QED) is 0.582. The van der Waals surface area contributed by atoms with Gasteiger partial charge < -0.3 is 0 Å². The van der Waals surface area contributed by atoms with Gasteiger partial charge in [-0.25, -0.2) is 0 Å². The van der Waals surface area contributed by atoms with Crippen molar-refractivity contribution in [2.24, 2.45) is 0 Å². The molecular weight excluding hydrogens is 204 g/mol. The average molecular weight is 229 g/mol. The summed E-state index contributed by atoms with van der Waals surface area (Å²) in [7, 11) is 0. The first kappa shape index (κ1) is 12.7. The maximum atomic E-state index is 3.90. The fourth-order valence-corrected chi connectivity index (χ4v) is 2.94. The zero-order valence-corrected chi connectivity index (χ0v) is 11.0. The molecule has 0 aromatic heterocycles. The lowest BCUT2D eigenvalue weighted by Crippen LogP contribution is -1.94. The molecule has 0 amide bonds. The zero-order chi connectivity index (χ0) is 11.9. The summed E-state index contributed by atoms with van der Waals surface area (Å²) < 4.78 is 0. The molecule has 0 N–H and O–H groups in total. The molecule has 0 atom stereocenters. The molecule has 1 saturated carbocycles. The monoisotopic (exact) mass is 229 g/mol. The van der Waals surface area contributed by atoms with Gasteiger partial charge in [-0.1, -0.05) is 63.3 Å². The minimum Gasteiger partial charge on any atom is -0.0617 e. The summed E-state index contributed by atoms with van der Waals surface area (Å²) in [6.45, 7) is 3.90. The van der Waals surface area contributed by atoms with E-state index in [9.17, 15) is 0 Å². The Kier molecular flexibility index (Phi) is 5.09. The minimum atomic E-state index is 0.856. The molecule has 1 fully saturated rings. The second-order valence-corrected chi connectivity index (χ2v) is 5.39. The molecular formula is C17H25. The van der Waals surface area contributed by atoms with Gasteiger partial charge in [-0.15, -0.1) is 0 Å². The lowest BCUT2D eigenvalue weighted by Gasteiger charge is -2.11. The summed E-state index contributed by atoms with van der Waals surface area (Å²) in [6, 6.07) is 9.34. The van der Waals surface area contributed by atoms with Gasteiger partial charge in [0.1, 0.15) is 0 Å². The van der Waals surface area contributed by atoms with Crippen LogP contribution in [0.2, 0.25) is 0 Å². The van der Waals surface area contributed by atoms with Gasteiger partial charge in [0.2, 0.25) is 0 Å². The molecule has 1 aromatic rings. The molecule has 1 aliphatic carbocycles. The SMILES string of the molecule is [CH2]CCCCCc1cccc(C2CCCC2)c1. The molecule has 0 heteroatoms. The Morgan fingerprint density at radius 3 is 2.65 bits per heavy atom. The van der Waals surface area contributed by atoms with Crippen molar-refractivity contribution in [1.29, 1.82) is 0 Å². The first-order valence-electron chi connectivity index (χ1n) is 7.28. The van der Waals surface area contributed by atoms with E-state index in [4.69, 9.17) is 0 Å². The Balaban J connectivity index is 1.87. The third-order valence-electron chi connectivity index (χ3n) is 3.99. The van der Waals surface area contributed by atoms with Gasteiger partial charge >= 0.3 is 0 Å². The lowest BCUT2D eigenvalue weighted by atomic mass is 9.94. The second-order valence-electron chi connectivity index (χ2n) is 5.39. The summed E-state index contributed by atoms with van der Waals surface area (Å²) in [5, 5.41) is 0. The fourth-order valence-electron chi connectivity index (χ4n) is 2.94. The van der Waals surface area contributed by atoms with Crippen LogP contribution in [-0.2, 0) is 6.42 Å². The van der Waals surface area contributed by atoms with E-state index in [1.807, 2.05) is 0 Å². The number of hydrogen-bond acceptors (Lipinski definition) is 0. The van der Waals surface area contributed by atoms with Crippen LogP contribution in [0, 0.1) is 6.92 Å². The molecule has 1 radical (unpaired) electrons. The van der Waals surface area contributed by atoms with Gasteiger partial charge in [0, 0.05) is 0 Å². The van der Waals surface area contributed by atoms with Gasteiger partial charge in [0.25, 0.3) is 0 Å². The first-order valence-corrected chi connectivity index (χ1v) is 7.28. The van der Waals surface area contributed by atoms with Crippen molar-refractivity contribution in [1.82, 2.24) is 0 Å². The van der Waals surface area contributed by atoms with Crippen molar-refractivity contribution in [2.75, 3.05) is 0 Å². The van der Waals surface area contributed by atoms with Crippen molar-refractivity contribution in [3.8, 4) is 0 Å². The van der Waals surface area contributed by atoms with Crippen LogP contribution in [0.25, 0.3) is 0 Å². The smallest absolute Gasteiger partial charge is 0.0162 e. The van der Waals surface area contributed by atoms with Gasteiger partial charge in [-0.2, -0.15) is 0 Å². The topological polar surface area (TPSA) is 0 Å². The largest absolute Gasteiger partial charge is 0.0617 e. The van der Waals surface area contributed by atoms with Gasteiger partial charge in [-0.05, 0) is 42.7 Å². The highest BCUT2D eigenvalue weighted by Gasteiger charge is 2.16. The molecule has 2 rings (SSSR count). The van der Waals surface area contributed by atoms with E-state index in [-0.39, 0.29) is 0 Å². The maximum absolute atomic E-state index is 3.90. The van der Waals surface area contributed by atoms with Crippen LogP contribution in [0.3, 0.4) is 0 Å². The van der Waals surface area contributed by atoms with Crippen LogP contribution in [0.4, 0.5) is 0 Å². The fraction of sp³-hybridized carbons (Fsp3) is 0.588. The van der Waals surface area contributed by atoms with Crippen LogP contribution in [0.15, 0.2) is 24.3 Å². The van der Waals surface area contributed by atoms with E-state index in [1.165, 1.54) is 51.4 Å².